The summed E-state index contributed by atoms with van der Waals surface area (Å²) < 4.78 is 10.9. The Morgan fingerprint density at radius 2 is 2.23 bits per heavy atom. The first-order valence-electron chi connectivity index (χ1n) is 7.64. The van der Waals surface area contributed by atoms with Crippen molar-refractivity contribution in [2.75, 3.05) is 38.2 Å². The zero-order valence-corrected chi connectivity index (χ0v) is 13.8. The van der Waals surface area contributed by atoms with E-state index in [1.54, 1.807) is 18.2 Å². The van der Waals surface area contributed by atoms with E-state index in [1.807, 2.05) is 13.8 Å². The van der Waals surface area contributed by atoms with Crippen LogP contribution in [-0.2, 0) is 9.53 Å². The maximum absolute atomic E-state index is 12.3. The summed E-state index contributed by atoms with van der Waals surface area (Å²) in [5.41, 5.74) is 0.605. The van der Waals surface area contributed by atoms with Crippen LogP contribution in [0, 0.1) is 11.8 Å². The molecule has 0 aliphatic carbocycles. The molecule has 0 aromatic heterocycles. The maximum Gasteiger partial charge on any atom is 0.227 e. The third kappa shape index (κ3) is 4.35. The number of hydrogen-bond donors (Lipinski definition) is 2. The first-order valence-corrected chi connectivity index (χ1v) is 8.02. The van der Waals surface area contributed by atoms with Gasteiger partial charge in [-0.15, -0.1) is 0 Å². The van der Waals surface area contributed by atoms with Crippen molar-refractivity contribution in [2.45, 2.75) is 13.8 Å². The number of nitrogens with one attached hydrogen (secondary N) is 2. The number of carbonyl (C=O) groups excluding carboxylic acids is 1. The Labute approximate surface area is 136 Å². The minimum atomic E-state index is -0.0449. The maximum atomic E-state index is 12.3. The van der Waals surface area contributed by atoms with E-state index in [4.69, 9.17) is 21.1 Å². The van der Waals surface area contributed by atoms with Crippen molar-refractivity contribution in [3.63, 3.8) is 0 Å². The van der Waals surface area contributed by atoms with Crippen molar-refractivity contribution >= 4 is 23.2 Å². The van der Waals surface area contributed by atoms with Gasteiger partial charge < -0.3 is 20.1 Å². The van der Waals surface area contributed by atoms with Crippen molar-refractivity contribution in [3.8, 4) is 5.75 Å². The van der Waals surface area contributed by atoms with E-state index < -0.39 is 0 Å². The molecule has 5 nitrogen and oxygen atoms in total. The number of halogens is 1. The molecule has 6 heteroatoms. The second-order valence-corrected chi connectivity index (χ2v) is 5.77. The Morgan fingerprint density at radius 3 is 2.86 bits per heavy atom. The van der Waals surface area contributed by atoms with Gasteiger partial charge in [-0.25, -0.2) is 0 Å². The van der Waals surface area contributed by atoms with E-state index >= 15 is 0 Å². The van der Waals surface area contributed by atoms with Gasteiger partial charge in [0.25, 0.3) is 0 Å². The van der Waals surface area contributed by atoms with Crippen molar-refractivity contribution in [3.05, 3.63) is 23.2 Å². The van der Waals surface area contributed by atoms with Crippen molar-refractivity contribution < 1.29 is 14.3 Å². The van der Waals surface area contributed by atoms with E-state index in [2.05, 4.69) is 10.6 Å². The Bertz CT molecular complexity index is 506. The average molecular weight is 327 g/mol. The summed E-state index contributed by atoms with van der Waals surface area (Å²) in [4.78, 5) is 12.3. The SMILES string of the molecule is CCOCCOc1c(Cl)cccc1NC(=O)C(C)C1CNC1. The molecule has 1 aliphatic rings. The Balaban J connectivity index is 1.99. The third-order valence-corrected chi connectivity index (χ3v) is 4.13. The molecule has 1 heterocycles. The van der Waals surface area contributed by atoms with Gasteiger partial charge in [0, 0.05) is 12.5 Å². The van der Waals surface area contributed by atoms with Crippen LogP contribution in [0.1, 0.15) is 13.8 Å². The van der Waals surface area contributed by atoms with Crippen LogP contribution in [-0.4, -0.2) is 38.8 Å². The monoisotopic (exact) mass is 326 g/mol. The van der Waals surface area contributed by atoms with Crippen LogP contribution in [0.4, 0.5) is 5.69 Å². The molecule has 2 rings (SSSR count). The molecule has 2 N–H and O–H groups in total. The summed E-state index contributed by atoms with van der Waals surface area (Å²) in [7, 11) is 0. The molecule has 0 radical (unpaired) electrons. The lowest BCUT2D eigenvalue weighted by Crippen LogP contribution is -2.48. The lowest BCUT2D eigenvalue weighted by atomic mass is 9.88. The molecule has 1 aromatic carbocycles. The predicted octanol–water partition coefficient (Wildman–Crippen LogP) is 2.55. The highest BCUT2D eigenvalue weighted by Crippen LogP contribution is 2.33. The number of benzene rings is 1. The summed E-state index contributed by atoms with van der Waals surface area (Å²) in [6.07, 6.45) is 0. The second-order valence-electron chi connectivity index (χ2n) is 5.36. The fraction of sp³-hybridized carbons (Fsp3) is 0.562. The van der Waals surface area contributed by atoms with E-state index in [-0.39, 0.29) is 11.8 Å². The van der Waals surface area contributed by atoms with Gasteiger partial charge in [-0.05, 0) is 38.1 Å². The topological polar surface area (TPSA) is 59.6 Å². The van der Waals surface area contributed by atoms with Crippen LogP contribution in [0.15, 0.2) is 18.2 Å². The van der Waals surface area contributed by atoms with Crippen LogP contribution in [0.3, 0.4) is 0 Å². The minimum absolute atomic E-state index is 0.0107. The molecule has 1 unspecified atom stereocenters. The molecule has 1 aromatic rings. The highest BCUT2D eigenvalue weighted by atomic mass is 35.5. The lowest BCUT2D eigenvalue weighted by Gasteiger charge is -2.31. The summed E-state index contributed by atoms with van der Waals surface area (Å²) >= 11 is 6.18. The molecule has 1 saturated heterocycles. The summed E-state index contributed by atoms with van der Waals surface area (Å²) in [6.45, 7) is 7.17. The molecular weight excluding hydrogens is 304 g/mol. The van der Waals surface area contributed by atoms with Gasteiger partial charge in [-0.1, -0.05) is 24.6 Å². The van der Waals surface area contributed by atoms with Crippen molar-refractivity contribution in [1.29, 1.82) is 0 Å². The number of carbonyl (C=O) groups is 1. The highest BCUT2D eigenvalue weighted by Gasteiger charge is 2.29. The van der Waals surface area contributed by atoms with Crippen LogP contribution in [0.5, 0.6) is 5.75 Å². The van der Waals surface area contributed by atoms with Gasteiger partial charge in [0.2, 0.25) is 5.91 Å². The second kappa shape index (κ2) is 8.36. The first kappa shape index (κ1) is 17.1. The number of hydrogen-bond acceptors (Lipinski definition) is 4. The summed E-state index contributed by atoms with van der Waals surface area (Å²) in [5.74, 6) is 0.831. The quantitative estimate of drug-likeness (QED) is 0.721. The molecule has 122 valence electrons. The number of rotatable bonds is 8. The Kier molecular flexibility index (Phi) is 6.49. The van der Waals surface area contributed by atoms with E-state index in [9.17, 15) is 4.79 Å². The van der Waals surface area contributed by atoms with Gasteiger partial charge in [0.15, 0.2) is 5.75 Å². The normalized spacial score (nSPS) is 16.0. The Hall–Kier alpha value is -1.30. The highest BCUT2D eigenvalue weighted by molar-refractivity contribution is 6.32. The standard InChI is InChI=1S/C16H23ClN2O3/c1-3-21-7-8-22-15-13(17)5-4-6-14(15)19-16(20)11(2)12-9-18-10-12/h4-6,11-12,18H,3,7-10H2,1-2H3,(H,19,20). The van der Waals surface area contributed by atoms with Crippen molar-refractivity contribution in [1.82, 2.24) is 5.32 Å². The van der Waals surface area contributed by atoms with Gasteiger partial charge in [0.05, 0.1) is 17.3 Å². The molecule has 22 heavy (non-hydrogen) atoms. The largest absolute Gasteiger partial charge is 0.487 e. The molecule has 1 fully saturated rings. The summed E-state index contributed by atoms with van der Waals surface area (Å²) in [6, 6.07) is 5.33. The van der Waals surface area contributed by atoms with E-state index in [0.29, 0.717) is 42.2 Å². The number of anilines is 1. The zero-order valence-electron chi connectivity index (χ0n) is 13.0. The number of para-hydroxylation sites is 1. The van der Waals surface area contributed by atoms with Crippen LogP contribution < -0.4 is 15.4 Å². The fourth-order valence-corrected chi connectivity index (χ4v) is 2.46. The van der Waals surface area contributed by atoms with E-state index in [0.717, 1.165) is 13.1 Å². The van der Waals surface area contributed by atoms with Gasteiger partial charge >= 0.3 is 0 Å². The zero-order chi connectivity index (χ0) is 15.9. The average Bonchev–Trinajstić information content (AvgIpc) is 2.44. The molecular formula is C16H23ClN2O3. The van der Waals surface area contributed by atoms with Crippen LogP contribution in [0.2, 0.25) is 5.02 Å². The van der Waals surface area contributed by atoms with E-state index in [1.165, 1.54) is 0 Å². The van der Waals surface area contributed by atoms with Gasteiger partial charge in [-0.2, -0.15) is 0 Å². The fourth-order valence-electron chi connectivity index (χ4n) is 2.23. The van der Waals surface area contributed by atoms with Crippen LogP contribution in [0.25, 0.3) is 0 Å². The molecule has 0 spiro atoms. The molecule has 0 bridgehead atoms. The lowest BCUT2D eigenvalue weighted by molar-refractivity contribution is -0.121. The molecule has 1 aliphatic heterocycles. The van der Waals surface area contributed by atoms with Crippen LogP contribution >= 0.6 is 11.6 Å². The molecule has 0 saturated carbocycles. The Morgan fingerprint density at radius 1 is 1.45 bits per heavy atom. The third-order valence-electron chi connectivity index (χ3n) is 3.84. The first-order chi connectivity index (χ1) is 10.6. The van der Waals surface area contributed by atoms with Gasteiger partial charge in [0.1, 0.15) is 6.61 Å². The molecule has 1 atom stereocenters. The van der Waals surface area contributed by atoms with Crippen molar-refractivity contribution in [2.24, 2.45) is 11.8 Å². The number of amides is 1. The predicted molar refractivity (Wildman–Crippen MR) is 87.6 cm³/mol. The molecule has 1 amide bonds. The number of ether oxygens (including phenoxy) is 2. The van der Waals surface area contributed by atoms with Gasteiger partial charge in [-0.3, -0.25) is 4.79 Å². The minimum Gasteiger partial charge on any atom is -0.487 e. The summed E-state index contributed by atoms with van der Waals surface area (Å²) in [5, 5.41) is 6.58. The smallest absolute Gasteiger partial charge is 0.227 e.